The Morgan fingerprint density at radius 1 is 1.47 bits per heavy atom. The molecule has 6 heteroatoms. The lowest BCUT2D eigenvalue weighted by atomic mass is 10.3. The summed E-state index contributed by atoms with van der Waals surface area (Å²) in [5.41, 5.74) is 7.03. The normalized spacial score (nSPS) is 10.6. The minimum Gasteiger partial charge on any atom is -0.475 e. The molecule has 0 saturated carbocycles. The third-order valence-electron chi connectivity index (χ3n) is 2.60. The van der Waals surface area contributed by atoms with Crippen molar-refractivity contribution in [3.8, 4) is 0 Å². The predicted octanol–water partition coefficient (Wildman–Crippen LogP) is 3.81. The van der Waals surface area contributed by atoms with Crippen LogP contribution in [-0.2, 0) is 5.75 Å². The maximum atomic E-state index is 10.8. The van der Waals surface area contributed by atoms with Crippen LogP contribution in [0.4, 0.5) is 5.69 Å². The fraction of sp³-hybridized carbons (Fsp3) is 0.154. The number of benzene rings is 1. The van der Waals surface area contributed by atoms with Crippen molar-refractivity contribution in [2.24, 2.45) is 0 Å². The Kier molecular flexibility index (Phi) is 4.07. The minimum absolute atomic E-state index is 0.0385. The second-order valence-corrected chi connectivity index (χ2v) is 5.43. The molecule has 0 amide bonds. The van der Waals surface area contributed by atoms with Crippen molar-refractivity contribution in [3.05, 3.63) is 46.4 Å². The van der Waals surface area contributed by atoms with E-state index in [-0.39, 0.29) is 5.76 Å². The monoisotopic (exact) mass is 297 g/mol. The van der Waals surface area contributed by atoms with E-state index < -0.39 is 5.97 Å². The summed E-state index contributed by atoms with van der Waals surface area (Å²) in [6, 6.07) is 6.95. The molecule has 0 aliphatic rings. The molecule has 3 N–H and O–H groups in total. The molecule has 0 unspecified atom stereocenters. The molecule has 0 fully saturated rings. The predicted molar refractivity (Wildman–Crippen MR) is 75.8 cm³/mol. The molecule has 0 aliphatic heterocycles. The van der Waals surface area contributed by atoms with E-state index in [1.165, 1.54) is 0 Å². The van der Waals surface area contributed by atoms with E-state index in [4.69, 9.17) is 26.9 Å². The molecule has 0 saturated heterocycles. The second kappa shape index (κ2) is 5.59. The van der Waals surface area contributed by atoms with E-state index in [1.54, 1.807) is 36.9 Å². The first-order chi connectivity index (χ1) is 8.97. The SMILES string of the molecule is Cc1oc(C(=O)O)cc1CSc1ccc(N)c(Cl)c1. The van der Waals surface area contributed by atoms with Gasteiger partial charge in [-0.3, -0.25) is 0 Å². The molecule has 0 radical (unpaired) electrons. The van der Waals surface area contributed by atoms with Crippen LogP contribution in [0.2, 0.25) is 5.02 Å². The molecule has 1 heterocycles. The summed E-state index contributed by atoms with van der Waals surface area (Å²) in [5, 5.41) is 9.36. The van der Waals surface area contributed by atoms with E-state index in [9.17, 15) is 4.79 Å². The number of anilines is 1. The summed E-state index contributed by atoms with van der Waals surface area (Å²) in [6.45, 7) is 1.75. The molecule has 2 rings (SSSR count). The van der Waals surface area contributed by atoms with Gasteiger partial charge in [0, 0.05) is 16.2 Å². The van der Waals surface area contributed by atoms with Crippen molar-refractivity contribution in [1.29, 1.82) is 0 Å². The number of hydrogen-bond acceptors (Lipinski definition) is 4. The summed E-state index contributed by atoms with van der Waals surface area (Å²) < 4.78 is 5.15. The standard InChI is InChI=1S/C13H12ClNO3S/c1-7-8(4-12(18-7)13(16)17)6-19-9-2-3-11(15)10(14)5-9/h2-5H,6,15H2,1H3,(H,16,17). The number of hydrogen-bond donors (Lipinski definition) is 2. The van der Waals surface area contributed by atoms with Gasteiger partial charge in [0.15, 0.2) is 0 Å². The lowest BCUT2D eigenvalue weighted by Gasteiger charge is -2.03. The fourth-order valence-corrected chi connectivity index (χ4v) is 2.75. The molecule has 100 valence electrons. The summed E-state index contributed by atoms with van der Waals surface area (Å²) in [6.07, 6.45) is 0. The van der Waals surface area contributed by atoms with Crippen LogP contribution in [0, 0.1) is 6.92 Å². The molecular weight excluding hydrogens is 286 g/mol. The molecule has 0 atom stereocenters. The molecule has 2 aromatic rings. The van der Waals surface area contributed by atoms with Crippen LogP contribution in [-0.4, -0.2) is 11.1 Å². The number of thioether (sulfide) groups is 1. The first kappa shape index (κ1) is 13.8. The number of nitrogen functional groups attached to an aromatic ring is 1. The highest BCUT2D eigenvalue weighted by molar-refractivity contribution is 7.98. The summed E-state index contributed by atoms with van der Waals surface area (Å²) in [5.74, 6) is 0.132. The maximum Gasteiger partial charge on any atom is 0.371 e. The number of carboxylic acids is 1. The van der Waals surface area contributed by atoms with E-state index in [1.807, 2.05) is 6.07 Å². The number of carbonyl (C=O) groups is 1. The van der Waals surface area contributed by atoms with Crippen LogP contribution in [0.3, 0.4) is 0 Å². The van der Waals surface area contributed by atoms with Crippen molar-refractivity contribution < 1.29 is 14.3 Å². The lowest BCUT2D eigenvalue weighted by molar-refractivity contribution is 0.0661. The highest BCUT2D eigenvalue weighted by atomic mass is 35.5. The number of furan rings is 1. The molecule has 1 aromatic carbocycles. The van der Waals surface area contributed by atoms with Crippen LogP contribution in [0.1, 0.15) is 21.9 Å². The van der Waals surface area contributed by atoms with Gasteiger partial charge >= 0.3 is 5.97 Å². The van der Waals surface area contributed by atoms with Gasteiger partial charge in [-0.2, -0.15) is 0 Å². The Hall–Kier alpha value is -1.59. The van der Waals surface area contributed by atoms with Crippen LogP contribution < -0.4 is 5.73 Å². The zero-order valence-electron chi connectivity index (χ0n) is 10.1. The van der Waals surface area contributed by atoms with E-state index in [0.717, 1.165) is 10.5 Å². The second-order valence-electron chi connectivity index (χ2n) is 3.97. The molecule has 0 bridgehead atoms. The third kappa shape index (κ3) is 3.24. The summed E-state index contributed by atoms with van der Waals surface area (Å²) in [7, 11) is 0. The van der Waals surface area contributed by atoms with Gasteiger partial charge in [0.1, 0.15) is 5.76 Å². The van der Waals surface area contributed by atoms with E-state index >= 15 is 0 Å². The summed E-state index contributed by atoms with van der Waals surface area (Å²) >= 11 is 7.48. The Morgan fingerprint density at radius 3 is 2.79 bits per heavy atom. The van der Waals surface area contributed by atoms with Gasteiger partial charge in [-0.25, -0.2) is 4.79 Å². The van der Waals surface area contributed by atoms with Crippen molar-refractivity contribution in [2.75, 3.05) is 5.73 Å². The zero-order valence-corrected chi connectivity index (χ0v) is 11.7. The van der Waals surface area contributed by atoms with Gasteiger partial charge in [0.2, 0.25) is 5.76 Å². The number of aromatic carboxylic acids is 1. The quantitative estimate of drug-likeness (QED) is 0.663. The number of carboxylic acid groups (broad SMARTS) is 1. The number of aryl methyl sites for hydroxylation is 1. The smallest absolute Gasteiger partial charge is 0.371 e. The topological polar surface area (TPSA) is 76.5 Å². The van der Waals surface area contributed by atoms with Crippen LogP contribution in [0.15, 0.2) is 33.6 Å². The molecular formula is C13H12ClNO3S. The maximum absolute atomic E-state index is 10.8. The van der Waals surface area contributed by atoms with Crippen LogP contribution >= 0.6 is 23.4 Å². The van der Waals surface area contributed by atoms with Crippen molar-refractivity contribution in [3.63, 3.8) is 0 Å². The zero-order chi connectivity index (χ0) is 14.0. The van der Waals surface area contributed by atoms with Gasteiger partial charge in [0.05, 0.1) is 10.7 Å². The average molecular weight is 298 g/mol. The Labute approximate surface area is 119 Å². The largest absolute Gasteiger partial charge is 0.475 e. The van der Waals surface area contributed by atoms with Crippen molar-refractivity contribution in [1.82, 2.24) is 0 Å². The minimum atomic E-state index is -1.06. The van der Waals surface area contributed by atoms with Gasteiger partial charge in [-0.15, -0.1) is 11.8 Å². The number of rotatable bonds is 4. The van der Waals surface area contributed by atoms with Gasteiger partial charge < -0.3 is 15.3 Å². The highest BCUT2D eigenvalue weighted by Gasteiger charge is 2.13. The highest BCUT2D eigenvalue weighted by Crippen LogP contribution is 2.30. The van der Waals surface area contributed by atoms with Crippen LogP contribution in [0.25, 0.3) is 0 Å². The van der Waals surface area contributed by atoms with E-state index in [2.05, 4.69) is 0 Å². The average Bonchev–Trinajstić information content (AvgIpc) is 2.73. The van der Waals surface area contributed by atoms with Gasteiger partial charge in [-0.05, 0) is 31.2 Å². The Bertz CT molecular complexity index is 624. The first-order valence-electron chi connectivity index (χ1n) is 5.48. The van der Waals surface area contributed by atoms with Gasteiger partial charge in [-0.1, -0.05) is 11.6 Å². The van der Waals surface area contributed by atoms with Gasteiger partial charge in [0.25, 0.3) is 0 Å². The Morgan fingerprint density at radius 2 is 2.21 bits per heavy atom. The number of nitrogens with two attached hydrogens (primary N) is 1. The first-order valence-corrected chi connectivity index (χ1v) is 6.84. The molecule has 0 aliphatic carbocycles. The number of halogens is 1. The summed E-state index contributed by atoms with van der Waals surface area (Å²) in [4.78, 5) is 11.8. The van der Waals surface area contributed by atoms with Crippen LogP contribution in [0.5, 0.6) is 0 Å². The lowest BCUT2D eigenvalue weighted by Crippen LogP contribution is -1.91. The molecule has 0 spiro atoms. The van der Waals surface area contributed by atoms with Crippen molar-refractivity contribution >= 4 is 35.0 Å². The third-order valence-corrected chi connectivity index (χ3v) is 3.97. The molecule has 4 nitrogen and oxygen atoms in total. The van der Waals surface area contributed by atoms with E-state index in [0.29, 0.717) is 22.2 Å². The van der Waals surface area contributed by atoms with Crippen molar-refractivity contribution in [2.45, 2.75) is 17.6 Å². The molecule has 19 heavy (non-hydrogen) atoms. The fourth-order valence-electron chi connectivity index (χ4n) is 1.53. The Balaban J connectivity index is 2.09. The molecule has 1 aromatic heterocycles.